The Morgan fingerprint density at radius 2 is 2.27 bits per heavy atom. The number of hydrogen-bond acceptors (Lipinski definition) is 6. The summed E-state index contributed by atoms with van der Waals surface area (Å²) in [5, 5.41) is 9.65. The van der Waals surface area contributed by atoms with E-state index in [2.05, 4.69) is 16.3 Å². The SMILES string of the molecule is [B][C@@H]1O[C@H](COP([O-])(=S)OC)[C@@H](O)[C@H]1C. The largest absolute Gasteiger partial charge is 0.780 e. The molecule has 86 valence electrons. The van der Waals surface area contributed by atoms with Crippen LogP contribution in [0.15, 0.2) is 0 Å². The number of rotatable bonds is 4. The first kappa shape index (κ1) is 13.6. The molecule has 1 fully saturated rings. The van der Waals surface area contributed by atoms with Crippen LogP contribution in [0, 0.1) is 5.92 Å². The fraction of sp³-hybridized carbons (Fsp3) is 1.00. The van der Waals surface area contributed by atoms with E-state index in [0.29, 0.717) is 0 Å². The molecule has 1 saturated heterocycles. The quantitative estimate of drug-likeness (QED) is 0.517. The van der Waals surface area contributed by atoms with Crippen LogP contribution in [0.4, 0.5) is 0 Å². The van der Waals surface area contributed by atoms with Crippen molar-refractivity contribution in [2.24, 2.45) is 5.92 Å². The molecule has 0 spiro atoms. The summed E-state index contributed by atoms with van der Waals surface area (Å²) < 4.78 is 14.5. The summed E-state index contributed by atoms with van der Waals surface area (Å²) in [4.78, 5) is 11.2. The van der Waals surface area contributed by atoms with Crippen molar-refractivity contribution in [2.75, 3.05) is 13.7 Å². The molecule has 0 bridgehead atoms. The van der Waals surface area contributed by atoms with E-state index in [-0.39, 0.29) is 12.5 Å². The zero-order valence-corrected chi connectivity index (χ0v) is 10.2. The lowest BCUT2D eigenvalue weighted by molar-refractivity contribution is -0.207. The van der Waals surface area contributed by atoms with Gasteiger partial charge in [-0.15, -0.1) is 0 Å². The highest BCUT2D eigenvalue weighted by Gasteiger charge is 2.38. The van der Waals surface area contributed by atoms with Gasteiger partial charge < -0.3 is 23.8 Å². The van der Waals surface area contributed by atoms with Crippen molar-refractivity contribution in [3.05, 3.63) is 0 Å². The van der Waals surface area contributed by atoms with Gasteiger partial charge in [0.1, 0.15) is 20.7 Å². The highest BCUT2D eigenvalue weighted by atomic mass is 32.5. The van der Waals surface area contributed by atoms with E-state index >= 15 is 0 Å². The Hall–Kier alpha value is 0.515. The standard InChI is InChI=1S/C7H14BO5PS/c1-4-6(9)5(13-7(4)8)3-12-14(10,15)11-2/h4-7,9H,3H2,1-2H3,(H,10,15)/p-1/t4-,5-,6+,7-,14?/m1/s1. The summed E-state index contributed by atoms with van der Waals surface area (Å²) in [5.74, 6) is -0.189. The fourth-order valence-electron chi connectivity index (χ4n) is 1.29. The third-order valence-electron chi connectivity index (χ3n) is 2.39. The predicted molar refractivity (Wildman–Crippen MR) is 56.8 cm³/mol. The summed E-state index contributed by atoms with van der Waals surface area (Å²) in [6, 6.07) is -0.541. The molecule has 8 heteroatoms. The van der Waals surface area contributed by atoms with Crippen LogP contribution in [0.2, 0.25) is 0 Å². The van der Waals surface area contributed by atoms with Gasteiger partial charge in [0.05, 0.1) is 12.7 Å². The molecular formula is C7H13BO5PS-. The van der Waals surface area contributed by atoms with Crippen molar-refractivity contribution < 1.29 is 23.8 Å². The van der Waals surface area contributed by atoms with Gasteiger partial charge in [0, 0.05) is 19.0 Å². The second kappa shape index (κ2) is 5.23. The van der Waals surface area contributed by atoms with E-state index in [1.54, 1.807) is 6.92 Å². The average molecular weight is 251 g/mol. The summed E-state index contributed by atoms with van der Waals surface area (Å²) in [5.41, 5.74) is 0. The van der Waals surface area contributed by atoms with E-state index in [1.807, 2.05) is 0 Å². The van der Waals surface area contributed by atoms with Crippen LogP contribution in [-0.2, 0) is 25.6 Å². The van der Waals surface area contributed by atoms with Crippen molar-refractivity contribution >= 4 is 26.4 Å². The molecule has 1 rings (SSSR count). The second-order valence-corrected chi connectivity index (χ2v) is 6.27. The maximum absolute atomic E-state index is 11.2. The molecule has 1 heterocycles. The summed E-state index contributed by atoms with van der Waals surface area (Å²) in [7, 11) is 6.77. The highest BCUT2D eigenvalue weighted by molar-refractivity contribution is 8.06. The van der Waals surface area contributed by atoms with Gasteiger partial charge in [-0.25, -0.2) is 0 Å². The minimum absolute atomic E-state index is 0.0895. The first-order valence-electron chi connectivity index (χ1n) is 4.48. The lowest BCUT2D eigenvalue weighted by Gasteiger charge is -2.27. The molecule has 15 heavy (non-hydrogen) atoms. The molecule has 0 aromatic carbocycles. The van der Waals surface area contributed by atoms with Gasteiger partial charge in [-0.2, -0.15) is 0 Å². The number of aliphatic hydroxyl groups is 1. The third kappa shape index (κ3) is 3.49. The van der Waals surface area contributed by atoms with Gasteiger partial charge in [0.15, 0.2) is 0 Å². The molecule has 5 nitrogen and oxygen atoms in total. The van der Waals surface area contributed by atoms with Gasteiger partial charge in [-0.05, 0) is 0 Å². The molecule has 0 aliphatic carbocycles. The van der Waals surface area contributed by atoms with Crippen molar-refractivity contribution in [3.8, 4) is 0 Å². The predicted octanol–water partition coefficient (Wildman–Crippen LogP) is -0.875. The topological polar surface area (TPSA) is 71.0 Å². The van der Waals surface area contributed by atoms with Gasteiger partial charge in [0.25, 0.3) is 0 Å². The Labute approximate surface area is 95.4 Å². The molecule has 0 aromatic rings. The summed E-state index contributed by atoms with van der Waals surface area (Å²) in [6.45, 7) is -1.77. The molecule has 0 amide bonds. The van der Waals surface area contributed by atoms with Crippen LogP contribution in [0.3, 0.4) is 0 Å². The van der Waals surface area contributed by atoms with Crippen LogP contribution in [-0.4, -0.2) is 44.9 Å². The molecular weight excluding hydrogens is 238 g/mol. The minimum Gasteiger partial charge on any atom is -0.780 e. The summed E-state index contributed by atoms with van der Waals surface area (Å²) in [6.07, 6.45) is -1.35. The fourth-order valence-corrected chi connectivity index (χ4v) is 1.91. The van der Waals surface area contributed by atoms with E-state index in [9.17, 15) is 10.00 Å². The minimum atomic E-state index is -3.44. The zero-order valence-electron chi connectivity index (χ0n) is 8.53. The zero-order chi connectivity index (χ0) is 11.6. The Balaban J connectivity index is 2.44. The highest BCUT2D eigenvalue weighted by Crippen LogP contribution is 2.38. The number of aliphatic hydroxyl groups excluding tert-OH is 1. The monoisotopic (exact) mass is 251 g/mol. The van der Waals surface area contributed by atoms with E-state index in [4.69, 9.17) is 17.1 Å². The van der Waals surface area contributed by atoms with Crippen LogP contribution in [0.25, 0.3) is 0 Å². The molecule has 0 aromatic heterocycles. The normalized spacial score (nSPS) is 40.3. The van der Waals surface area contributed by atoms with Crippen LogP contribution < -0.4 is 4.89 Å². The smallest absolute Gasteiger partial charge is 0.115 e. The maximum atomic E-state index is 11.2. The van der Waals surface area contributed by atoms with Crippen molar-refractivity contribution in [2.45, 2.75) is 25.1 Å². The Morgan fingerprint density at radius 3 is 2.67 bits per heavy atom. The molecule has 0 saturated carbocycles. The van der Waals surface area contributed by atoms with Gasteiger partial charge in [-0.3, -0.25) is 0 Å². The second-order valence-electron chi connectivity index (χ2n) is 3.41. The van der Waals surface area contributed by atoms with Gasteiger partial charge in [-0.1, -0.05) is 18.7 Å². The van der Waals surface area contributed by atoms with Gasteiger partial charge in [0.2, 0.25) is 0 Å². The molecule has 1 aliphatic rings. The maximum Gasteiger partial charge on any atom is 0.115 e. The Morgan fingerprint density at radius 1 is 1.67 bits per heavy atom. The van der Waals surface area contributed by atoms with Crippen molar-refractivity contribution in [1.82, 2.24) is 0 Å². The van der Waals surface area contributed by atoms with Crippen molar-refractivity contribution in [1.29, 1.82) is 0 Å². The third-order valence-corrected chi connectivity index (χ3v) is 4.07. The molecule has 1 unspecified atom stereocenters. The molecule has 5 atom stereocenters. The van der Waals surface area contributed by atoms with E-state index in [1.165, 1.54) is 7.11 Å². The average Bonchev–Trinajstić information content (AvgIpc) is 2.43. The first-order valence-corrected chi connectivity index (χ1v) is 7.03. The van der Waals surface area contributed by atoms with Crippen LogP contribution >= 0.6 is 6.72 Å². The number of ether oxygens (including phenoxy) is 1. The Bertz CT molecular complexity index is 266. The van der Waals surface area contributed by atoms with Gasteiger partial charge >= 0.3 is 0 Å². The Kier molecular flexibility index (Phi) is 4.73. The van der Waals surface area contributed by atoms with E-state index in [0.717, 1.165) is 0 Å². The van der Waals surface area contributed by atoms with Crippen LogP contribution in [0.1, 0.15) is 6.92 Å². The molecule has 2 radical (unpaired) electrons. The van der Waals surface area contributed by atoms with Crippen molar-refractivity contribution in [3.63, 3.8) is 0 Å². The summed E-state index contributed by atoms with van der Waals surface area (Å²) >= 11 is 4.52. The first-order chi connectivity index (χ1) is 6.87. The molecule has 1 aliphatic heterocycles. The van der Waals surface area contributed by atoms with Crippen LogP contribution in [0.5, 0.6) is 0 Å². The lowest BCUT2D eigenvalue weighted by Crippen LogP contribution is -2.29. The lowest BCUT2D eigenvalue weighted by atomic mass is 9.86. The molecule has 1 N–H and O–H groups in total. The number of hydrogen-bond donors (Lipinski definition) is 1. The van der Waals surface area contributed by atoms with E-state index < -0.39 is 24.9 Å².